The molecule has 2 N–H and O–H groups in total. The Morgan fingerprint density at radius 3 is 3.12 bits per heavy atom. The number of hydrogen-bond donors (Lipinski definition) is 2. The van der Waals surface area contributed by atoms with Gasteiger partial charge in [0.05, 0.1) is 12.0 Å². The normalized spacial score (nSPS) is 23.8. The Kier molecular flexibility index (Phi) is 4.04. The number of aliphatic carboxylic acids is 1. The fourth-order valence-electron chi connectivity index (χ4n) is 1.82. The van der Waals surface area contributed by atoms with Crippen LogP contribution in [0.5, 0.6) is 0 Å². The molecule has 1 aromatic rings. The molecule has 1 saturated heterocycles. The topological polar surface area (TPSA) is 58.6 Å². The van der Waals surface area contributed by atoms with Crippen LogP contribution in [0.4, 0.5) is 0 Å². The van der Waals surface area contributed by atoms with E-state index in [1.807, 2.05) is 18.2 Å². The molecule has 0 amide bonds. The number of carbonyl (C=O) groups is 1. The first-order valence-electron chi connectivity index (χ1n) is 5.39. The highest BCUT2D eigenvalue weighted by molar-refractivity contribution is 7.99. The maximum absolute atomic E-state index is 10.9. The summed E-state index contributed by atoms with van der Waals surface area (Å²) in [5.41, 5.74) is 2.21. The molecule has 0 aromatic heterocycles. The third kappa shape index (κ3) is 3.00. The van der Waals surface area contributed by atoms with E-state index in [0.29, 0.717) is 12.4 Å². The number of thioether (sulfide) groups is 1. The van der Waals surface area contributed by atoms with Crippen molar-refractivity contribution in [1.29, 1.82) is 0 Å². The number of carboxylic acid groups (broad SMARTS) is 1. The van der Waals surface area contributed by atoms with E-state index in [2.05, 4.69) is 11.4 Å². The first-order chi connectivity index (χ1) is 8.20. The summed E-state index contributed by atoms with van der Waals surface area (Å²) in [4.78, 5) is 10.9. The van der Waals surface area contributed by atoms with Gasteiger partial charge in [-0.05, 0) is 11.1 Å². The lowest BCUT2D eigenvalue weighted by molar-refractivity contribution is -0.138. The monoisotopic (exact) mass is 253 g/mol. The smallest absolute Gasteiger partial charge is 0.321 e. The van der Waals surface area contributed by atoms with E-state index in [1.165, 1.54) is 0 Å². The SMILES string of the molecule is COCc1cccc(C2N[C@@H](C(=O)O)CS2)c1. The molecule has 5 heteroatoms. The summed E-state index contributed by atoms with van der Waals surface area (Å²) in [6, 6.07) is 7.59. The summed E-state index contributed by atoms with van der Waals surface area (Å²) in [7, 11) is 1.66. The lowest BCUT2D eigenvalue weighted by Gasteiger charge is -2.12. The zero-order valence-electron chi connectivity index (χ0n) is 9.55. The fraction of sp³-hybridized carbons (Fsp3) is 0.417. The summed E-state index contributed by atoms with van der Waals surface area (Å²) in [5, 5.41) is 12.1. The van der Waals surface area contributed by atoms with Crippen LogP contribution in [0.15, 0.2) is 24.3 Å². The second-order valence-electron chi connectivity index (χ2n) is 3.95. The van der Waals surface area contributed by atoms with Crippen molar-refractivity contribution in [2.45, 2.75) is 18.0 Å². The van der Waals surface area contributed by atoms with Crippen LogP contribution in [0.3, 0.4) is 0 Å². The van der Waals surface area contributed by atoms with Crippen molar-refractivity contribution in [1.82, 2.24) is 5.32 Å². The molecule has 1 aromatic carbocycles. The third-order valence-electron chi connectivity index (χ3n) is 2.65. The van der Waals surface area contributed by atoms with Gasteiger partial charge in [0.1, 0.15) is 6.04 Å². The number of hydrogen-bond acceptors (Lipinski definition) is 4. The van der Waals surface area contributed by atoms with E-state index >= 15 is 0 Å². The maximum atomic E-state index is 10.9. The van der Waals surface area contributed by atoms with Crippen LogP contribution in [0.1, 0.15) is 16.5 Å². The van der Waals surface area contributed by atoms with Gasteiger partial charge in [-0.15, -0.1) is 11.8 Å². The fourth-order valence-corrected chi connectivity index (χ4v) is 3.04. The van der Waals surface area contributed by atoms with Crippen LogP contribution < -0.4 is 5.32 Å². The lowest BCUT2D eigenvalue weighted by atomic mass is 10.1. The molecule has 0 bridgehead atoms. The molecule has 1 unspecified atom stereocenters. The van der Waals surface area contributed by atoms with Crippen molar-refractivity contribution in [2.75, 3.05) is 12.9 Å². The van der Waals surface area contributed by atoms with Crippen molar-refractivity contribution in [3.63, 3.8) is 0 Å². The molecular weight excluding hydrogens is 238 g/mol. The molecule has 0 spiro atoms. The molecule has 17 heavy (non-hydrogen) atoms. The molecule has 1 aliphatic heterocycles. The summed E-state index contributed by atoms with van der Waals surface area (Å²) in [6.45, 7) is 0.577. The molecule has 2 rings (SSSR count). The minimum Gasteiger partial charge on any atom is -0.480 e. The van der Waals surface area contributed by atoms with E-state index in [0.717, 1.165) is 11.1 Å². The highest BCUT2D eigenvalue weighted by atomic mass is 32.2. The first kappa shape index (κ1) is 12.4. The molecule has 92 valence electrons. The Morgan fingerprint density at radius 1 is 1.65 bits per heavy atom. The van der Waals surface area contributed by atoms with Crippen molar-refractivity contribution in [3.8, 4) is 0 Å². The van der Waals surface area contributed by atoms with Gasteiger partial charge in [-0.2, -0.15) is 0 Å². The van der Waals surface area contributed by atoms with E-state index in [-0.39, 0.29) is 5.37 Å². The van der Waals surface area contributed by atoms with Gasteiger partial charge >= 0.3 is 5.97 Å². The number of methoxy groups -OCH3 is 1. The average molecular weight is 253 g/mol. The van der Waals surface area contributed by atoms with Gasteiger partial charge < -0.3 is 9.84 Å². The Morgan fingerprint density at radius 2 is 2.47 bits per heavy atom. The highest BCUT2D eigenvalue weighted by Gasteiger charge is 2.30. The quantitative estimate of drug-likeness (QED) is 0.854. The molecule has 1 fully saturated rings. The zero-order valence-corrected chi connectivity index (χ0v) is 10.4. The second-order valence-corrected chi connectivity index (χ2v) is 5.09. The molecule has 1 aliphatic rings. The molecular formula is C12H15NO3S. The Balaban J connectivity index is 2.08. The third-order valence-corrected chi connectivity index (χ3v) is 3.91. The molecule has 0 aliphatic carbocycles. The predicted octanol–water partition coefficient (Wildman–Crippen LogP) is 1.62. The number of nitrogens with one attached hydrogen (secondary N) is 1. The first-order valence-corrected chi connectivity index (χ1v) is 6.44. The van der Waals surface area contributed by atoms with Gasteiger partial charge in [0.15, 0.2) is 0 Å². The van der Waals surface area contributed by atoms with Gasteiger partial charge in [0.25, 0.3) is 0 Å². The molecule has 1 heterocycles. The van der Waals surface area contributed by atoms with Crippen LogP contribution in [-0.4, -0.2) is 30.0 Å². The Labute approximate surface area is 104 Å². The number of rotatable bonds is 4. The van der Waals surface area contributed by atoms with Gasteiger partial charge in [-0.25, -0.2) is 0 Å². The van der Waals surface area contributed by atoms with Crippen molar-refractivity contribution in [3.05, 3.63) is 35.4 Å². The molecule has 0 radical (unpaired) electrons. The lowest BCUT2D eigenvalue weighted by Crippen LogP contribution is -2.33. The van der Waals surface area contributed by atoms with Crippen LogP contribution in [0, 0.1) is 0 Å². The highest BCUT2D eigenvalue weighted by Crippen LogP contribution is 2.33. The van der Waals surface area contributed by atoms with E-state index in [1.54, 1.807) is 18.9 Å². The van der Waals surface area contributed by atoms with Gasteiger partial charge in [0, 0.05) is 12.9 Å². The minimum atomic E-state index is -0.784. The standard InChI is InChI=1S/C12H15NO3S/c1-16-6-8-3-2-4-9(5-8)11-13-10(7-17-11)12(14)15/h2-5,10-11,13H,6-7H2,1H3,(H,14,15)/t10-,11?/m1/s1. The summed E-state index contributed by atoms with van der Waals surface area (Å²) in [6.07, 6.45) is 0. The maximum Gasteiger partial charge on any atom is 0.321 e. The summed E-state index contributed by atoms with van der Waals surface area (Å²) in [5.74, 6) is -0.179. The van der Waals surface area contributed by atoms with Crippen LogP contribution in [0.25, 0.3) is 0 Å². The van der Waals surface area contributed by atoms with Crippen molar-refractivity contribution < 1.29 is 14.6 Å². The van der Waals surface area contributed by atoms with Crippen molar-refractivity contribution in [2.24, 2.45) is 0 Å². The Bertz CT molecular complexity index is 410. The molecule has 4 nitrogen and oxygen atoms in total. The summed E-state index contributed by atoms with van der Waals surface area (Å²) < 4.78 is 5.08. The van der Waals surface area contributed by atoms with Crippen LogP contribution >= 0.6 is 11.8 Å². The van der Waals surface area contributed by atoms with E-state index < -0.39 is 12.0 Å². The van der Waals surface area contributed by atoms with E-state index in [4.69, 9.17) is 9.84 Å². The largest absolute Gasteiger partial charge is 0.480 e. The van der Waals surface area contributed by atoms with Gasteiger partial charge in [-0.1, -0.05) is 24.3 Å². The molecule has 2 atom stereocenters. The summed E-state index contributed by atoms with van der Waals surface area (Å²) >= 11 is 1.63. The van der Waals surface area contributed by atoms with Crippen molar-refractivity contribution >= 4 is 17.7 Å². The minimum absolute atomic E-state index is 0.0629. The van der Waals surface area contributed by atoms with Crippen LogP contribution in [0.2, 0.25) is 0 Å². The van der Waals surface area contributed by atoms with Crippen LogP contribution in [-0.2, 0) is 16.1 Å². The number of ether oxygens (including phenoxy) is 1. The predicted molar refractivity (Wildman–Crippen MR) is 66.9 cm³/mol. The number of carboxylic acids is 1. The van der Waals surface area contributed by atoms with Gasteiger partial charge in [0.2, 0.25) is 0 Å². The number of benzene rings is 1. The zero-order chi connectivity index (χ0) is 12.3. The average Bonchev–Trinajstić information content (AvgIpc) is 2.79. The molecule has 0 saturated carbocycles. The Hall–Kier alpha value is -1.04. The second kappa shape index (κ2) is 5.53. The van der Waals surface area contributed by atoms with E-state index in [9.17, 15) is 4.79 Å². The van der Waals surface area contributed by atoms with Gasteiger partial charge in [-0.3, -0.25) is 10.1 Å².